The van der Waals surface area contributed by atoms with Gasteiger partial charge in [0.05, 0.1) is 13.2 Å². The minimum Gasteiger partial charge on any atom is -0.462 e. The molecule has 2 rings (SSSR count). The molecule has 21 heteroatoms. The number of rotatable bonds is 42. The number of unbranched alkanes of at least 4 members (excludes halogenated alkanes) is 15. The van der Waals surface area contributed by atoms with Gasteiger partial charge in [-0.05, 0) is 56.6 Å². The topological polar surface area (TPSA) is 283 Å². The number of phosphoric acid groups is 2. The number of hydrogen-bond donors (Lipinski definition) is 5. The number of aliphatic hydroxyl groups is 2. The van der Waals surface area contributed by atoms with Gasteiger partial charge in [-0.15, -0.1) is 0 Å². The highest BCUT2D eigenvalue weighted by Gasteiger charge is 2.46. The van der Waals surface area contributed by atoms with Crippen LogP contribution in [0.1, 0.15) is 181 Å². The number of ketones is 1. The Bertz CT molecular complexity index is 1970. The lowest BCUT2D eigenvalue weighted by molar-refractivity contribution is -0.161. The molecule has 72 heavy (non-hydrogen) atoms. The van der Waals surface area contributed by atoms with E-state index in [0.29, 0.717) is 38.5 Å². The van der Waals surface area contributed by atoms with Crippen molar-refractivity contribution in [1.82, 2.24) is 9.55 Å². The quantitative estimate of drug-likeness (QED) is 0.0102. The van der Waals surface area contributed by atoms with Gasteiger partial charge in [0.15, 0.2) is 18.1 Å². The van der Waals surface area contributed by atoms with E-state index in [-0.39, 0.29) is 24.4 Å². The van der Waals surface area contributed by atoms with E-state index < -0.39 is 83.7 Å². The number of aliphatic hydroxyl groups excluding tert-OH is 2. The Hall–Kier alpha value is -3.61. The van der Waals surface area contributed by atoms with Gasteiger partial charge in [-0.25, -0.2) is 13.9 Å². The van der Waals surface area contributed by atoms with E-state index in [2.05, 4.69) is 30.1 Å². The normalized spacial score (nSPS) is 19.4. The third-order valence-corrected chi connectivity index (χ3v) is 14.2. The van der Waals surface area contributed by atoms with E-state index >= 15 is 0 Å². The molecule has 1 aliphatic heterocycles. The molecule has 0 saturated carbocycles. The molecule has 1 saturated heterocycles. The molecule has 1 aromatic rings. The largest absolute Gasteiger partial charge is 0.481 e. The lowest BCUT2D eigenvalue weighted by atomic mass is 10.0. The lowest BCUT2D eigenvalue weighted by Crippen LogP contribution is -2.36. The third-order valence-electron chi connectivity index (χ3n) is 11.6. The predicted octanol–water partition coefficient (Wildman–Crippen LogP) is 9.98. The Morgan fingerprint density at radius 2 is 1.33 bits per heavy atom. The van der Waals surface area contributed by atoms with E-state index in [1.165, 1.54) is 63.9 Å². The van der Waals surface area contributed by atoms with E-state index in [9.17, 15) is 48.3 Å². The summed E-state index contributed by atoms with van der Waals surface area (Å²) in [4.78, 5) is 73.7. The van der Waals surface area contributed by atoms with E-state index in [1.54, 1.807) is 12.2 Å². The second-order valence-corrected chi connectivity index (χ2v) is 21.6. The predicted molar refractivity (Wildman–Crippen MR) is 275 cm³/mol. The Morgan fingerprint density at radius 1 is 0.750 bits per heavy atom. The molecule has 2 heterocycles. The molecule has 0 spiro atoms. The summed E-state index contributed by atoms with van der Waals surface area (Å²) < 4.78 is 56.7. The maximum atomic E-state index is 12.9. The number of esters is 2. The Kier molecular flexibility index (Phi) is 34.1. The van der Waals surface area contributed by atoms with Crippen molar-refractivity contribution in [3.05, 3.63) is 71.4 Å². The summed E-state index contributed by atoms with van der Waals surface area (Å²) >= 11 is 0. The van der Waals surface area contributed by atoms with Gasteiger partial charge >= 0.3 is 33.3 Å². The molecule has 2 unspecified atom stereocenters. The summed E-state index contributed by atoms with van der Waals surface area (Å²) in [5.74, 6) is -0.492. The second-order valence-electron chi connectivity index (χ2n) is 18.5. The zero-order chi connectivity index (χ0) is 53.0. The van der Waals surface area contributed by atoms with Gasteiger partial charge in [-0.1, -0.05) is 160 Å². The number of carbonyl (C=O) groups is 3. The van der Waals surface area contributed by atoms with E-state index in [4.69, 9.17) is 29.0 Å². The van der Waals surface area contributed by atoms with Crippen molar-refractivity contribution < 1.29 is 71.1 Å². The first kappa shape index (κ1) is 64.5. The number of nitrogens with zero attached hydrogens (tertiary/aromatic N) is 2. The van der Waals surface area contributed by atoms with Crippen LogP contribution in [0.4, 0.5) is 5.82 Å². The van der Waals surface area contributed by atoms with Gasteiger partial charge in [0.1, 0.15) is 30.7 Å². The average molecular weight is 1060 g/mol. The minimum atomic E-state index is -5.45. The zero-order valence-electron chi connectivity index (χ0n) is 42.9. The fourth-order valence-corrected chi connectivity index (χ4v) is 9.61. The Morgan fingerprint density at radius 3 is 1.97 bits per heavy atom. The molecule has 0 radical (unpaired) electrons. The van der Waals surface area contributed by atoms with Crippen LogP contribution in [0.2, 0.25) is 0 Å². The molecule has 1 aliphatic rings. The SMILES string of the molecule is CCCCCC(=O)/C=C/C=C\C/C=C\C/C=C\CCCC(=O)O[C@H](COC(=O)CCCCCCCCCCCCCCCC(C)C)COP(=O)(O)OP(=O)(O)OC[C@H]1O[C@@H](n2ccc(N)nc2=O)[C@H](O)[C@@H]1O. The van der Waals surface area contributed by atoms with Crippen LogP contribution in [0.5, 0.6) is 0 Å². The number of phosphoric ester groups is 2. The van der Waals surface area contributed by atoms with Gasteiger partial charge in [0.25, 0.3) is 0 Å². The first-order chi connectivity index (χ1) is 34.4. The molecular formula is C51H85N3O16P2. The van der Waals surface area contributed by atoms with E-state index in [1.807, 2.05) is 36.5 Å². The van der Waals surface area contributed by atoms with Crippen LogP contribution in [-0.2, 0) is 51.1 Å². The van der Waals surface area contributed by atoms with Crippen LogP contribution < -0.4 is 11.4 Å². The van der Waals surface area contributed by atoms with Crippen molar-refractivity contribution in [1.29, 1.82) is 0 Å². The monoisotopic (exact) mass is 1060 g/mol. The minimum absolute atomic E-state index is 0.0519. The molecule has 1 aromatic heterocycles. The summed E-state index contributed by atoms with van der Waals surface area (Å²) in [6, 6.07) is 1.24. The molecule has 19 nitrogen and oxygen atoms in total. The van der Waals surface area contributed by atoms with Crippen molar-refractivity contribution in [3.8, 4) is 0 Å². The maximum Gasteiger partial charge on any atom is 0.481 e. The second kappa shape index (κ2) is 38.0. The number of nitrogens with two attached hydrogens (primary N) is 1. The number of nitrogen functional groups attached to an aromatic ring is 1. The first-order valence-electron chi connectivity index (χ1n) is 26.0. The number of aromatic nitrogens is 2. The fourth-order valence-electron chi connectivity index (χ4n) is 7.50. The number of carbonyl (C=O) groups excluding carboxylic acids is 3. The van der Waals surface area contributed by atoms with Gasteiger partial charge < -0.3 is 39.9 Å². The highest BCUT2D eigenvalue weighted by atomic mass is 31.3. The van der Waals surface area contributed by atoms with Crippen LogP contribution in [0.3, 0.4) is 0 Å². The van der Waals surface area contributed by atoms with Gasteiger partial charge in [0.2, 0.25) is 0 Å². The molecular weight excluding hydrogens is 973 g/mol. The lowest BCUT2D eigenvalue weighted by Gasteiger charge is -2.21. The van der Waals surface area contributed by atoms with Gasteiger partial charge in [-0.3, -0.25) is 28.0 Å². The molecule has 0 bridgehead atoms. The molecule has 1 fully saturated rings. The van der Waals surface area contributed by atoms with Crippen molar-refractivity contribution in [3.63, 3.8) is 0 Å². The van der Waals surface area contributed by atoms with Crippen LogP contribution in [-0.4, -0.2) is 91.5 Å². The Balaban J connectivity index is 1.83. The first-order valence-corrected chi connectivity index (χ1v) is 29.0. The molecule has 0 aromatic carbocycles. The summed E-state index contributed by atoms with van der Waals surface area (Å²) in [6.07, 6.45) is 30.5. The van der Waals surface area contributed by atoms with Crippen molar-refractivity contribution in [2.75, 3.05) is 25.6 Å². The van der Waals surface area contributed by atoms with Gasteiger partial charge in [0, 0.05) is 25.5 Å². The fraction of sp³-hybridized carbons (Fsp3) is 0.706. The van der Waals surface area contributed by atoms with Crippen LogP contribution in [0.15, 0.2) is 65.7 Å². The summed E-state index contributed by atoms with van der Waals surface area (Å²) in [6.45, 7) is 4.25. The Labute approximate surface area is 426 Å². The van der Waals surface area contributed by atoms with Gasteiger partial charge in [-0.2, -0.15) is 9.29 Å². The van der Waals surface area contributed by atoms with Crippen LogP contribution >= 0.6 is 15.6 Å². The number of ether oxygens (including phenoxy) is 3. The highest BCUT2D eigenvalue weighted by Crippen LogP contribution is 2.60. The molecule has 6 N–H and O–H groups in total. The van der Waals surface area contributed by atoms with Crippen molar-refractivity contribution >= 4 is 39.2 Å². The summed E-state index contributed by atoms with van der Waals surface area (Å²) in [5.41, 5.74) is 4.58. The van der Waals surface area contributed by atoms with E-state index in [0.717, 1.165) is 61.6 Å². The van der Waals surface area contributed by atoms with Crippen molar-refractivity contribution in [2.45, 2.75) is 206 Å². The van der Waals surface area contributed by atoms with Crippen LogP contribution in [0, 0.1) is 5.92 Å². The third kappa shape index (κ3) is 31.2. The molecule has 0 amide bonds. The summed E-state index contributed by atoms with van der Waals surface area (Å²) in [5, 5.41) is 20.9. The summed E-state index contributed by atoms with van der Waals surface area (Å²) in [7, 11) is -10.9. The van der Waals surface area contributed by atoms with Crippen LogP contribution in [0.25, 0.3) is 0 Å². The highest BCUT2D eigenvalue weighted by molar-refractivity contribution is 7.61. The number of anilines is 1. The number of allylic oxidation sites excluding steroid dienone is 8. The maximum absolute atomic E-state index is 12.9. The molecule has 410 valence electrons. The van der Waals surface area contributed by atoms with Crippen molar-refractivity contribution in [2.24, 2.45) is 5.92 Å². The molecule has 0 aliphatic carbocycles. The average Bonchev–Trinajstić information content (AvgIpc) is 3.60. The molecule has 7 atom stereocenters. The smallest absolute Gasteiger partial charge is 0.462 e. The number of hydrogen-bond acceptors (Lipinski definition) is 16. The zero-order valence-corrected chi connectivity index (χ0v) is 44.7. The standard InChI is InChI=1S/C51H85N3O16P2/c1-4-5-26-32-42(55)33-28-23-19-15-11-9-13-17-21-25-30-35-47(57)68-43(38-65-46(56)34-29-24-20-16-12-8-6-7-10-14-18-22-27-31-41(2)3)39-66-71(61,62)70-72(63,64)67-40-44-48(58)49(59)50(69-44)54-37-36-45(52)53-51(54)60/h9,11,17,19,21,23,28,33,36-37,41,43-44,48-50,58-59H,4-8,10,12-16,18,20,22,24-27,29-32,34-35,38-40H2,1-3H3,(H,61,62)(H,63,64)(H2,52,53,60)/b11-9-,21-17-,23-19-,33-28+/t43-,44-,48-,49-,50-/m1/s1.